The minimum Gasteiger partial charge on any atom is -0.336 e. The molecule has 1 atom stereocenters. The maximum Gasteiger partial charge on any atom is 0.416 e. The predicted octanol–water partition coefficient (Wildman–Crippen LogP) is 4.35. The summed E-state index contributed by atoms with van der Waals surface area (Å²) in [7, 11) is 0. The molecule has 0 bridgehead atoms. The third-order valence-corrected chi connectivity index (χ3v) is 3.65. The molecule has 0 saturated carbocycles. The van der Waals surface area contributed by atoms with Gasteiger partial charge in [-0.1, -0.05) is 0 Å². The van der Waals surface area contributed by atoms with E-state index in [2.05, 4.69) is 0 Å². The molecule has 0 aromatic heterocycles. The van der Waals surface area contributed by atoms with E-state index < -0.39 is 35.0 Å². The summed E-state index contributed by atoms with van der Waals surface area (Å²) < 4.78 is 76.6. The standard InChI is InChI=1S/C14H13F6NO/c1-8-3-2-4-21(8)12(22)9-5-10(13(15,16)17)7-11(6-9)14(18,19)20/h5-8H,2-4H2,1H3. The minimum absolute atomic E-state index is 0.0180. The van der Waals surface area contributed by atoms with Crippen LogP contribution in [0, 0.1) is 0 Å². The summed E-state index contributed by atoms with van der Waals surface area (Å²) in [6, 6.07) is 0.770. The van der Waals surface area contributed by atoms with Crippen LogP contribution in [-0.4, -0.2) is 23.4 Å². The van der Waals surface area contributed by atoms with E-state index in [9.17, 15) is 31.1 Å². The molecule has 1 saturated heterocycles. The Balaban J connectivity index is 2.48. The first-order chi connectivity index (χ1) is 10.00. The van der Waals surface area contributed by atoms with Gasteiger partial charge >= 0.3 is 12.4 Å². The van der Waals surface area contributed by atoms with Gasteiger partial charge in [-0.25, -0.2) is 0 Å². The van der Waals surface area contributed by atoms with Crippen molar-refractivity contribution < 1.29 is 31.1 Å². The predicted molar refractivity (Wildman–Crippen MR) is 66.2 cm³/mol. The Morgan fingerprint density at radius 2 is 1.55 bits per heavy atom. The van der Waals surface area contributed by atoms with Gasteiger partial charge in [-0.05, 0) is 38.0 Å². The molecule has 1 heterocycles. The van der Waals surface area contributed by atoms with Crippen molar-refractivity contribution in [2.75, 3.05) is 6.54 Å². The van der Waals surface area contributed by atoms with Crippen LogP contribution in [0.5, 0.6) is 0 Å². The zero-order chi connectivity index (χ0) is 16.7. The van der Waals surface area contributed by atoms with E-state index in [1.165, 1.54) is 4.90 Å². The van der Waals surface area contributed by atoms with Crippen LogP contribution < -0.4 is 0 Å². The first-order valence-corrected chi connectivity index (χ1v) is 6.60. The summed E-state index contributed by atoms with van der Waals surface area (Å²) in [6.07, 6.45) is -8.55. The Morgan fingerprint density at radius 3 is 1.91 bits per heavy atom. The number of benzene rings is 1. The van der Waals surface area contributed by atoms with Crippen molar-refractivity contribution in [3.05, 3.63) is 34.9 Å². The van der Waals surface area contributed by atoms with Gasteiger partial charge in [0.1, 0.15) is 0 Å². The summed E-state index contributed by atoms with van der Waals surface area (Å²) in [6.45, 7) is 2.04. The number of nitrogens with zero attached hydrogens (tertiary/aromatic N) is 1. The summed E-state index contributed by atoms with van der Waals surface area (Å²) in [5.74, 6) is -0.804. The average molecular weight is 325 g/mol. The van der Waals surface area contributed by atoms with Crippen LogP contribution >= 0.6 is 0 Å². The Hall–Kier alpha value is -1.73. The molecule has 0 aliphatic carbocycles. The molecule has 1 aliphatic heterocycles. The monoisotopic (exact) mass is 325 g/mol. The van der Waals surface area contributed by atoms with Crippen molar-refractivity contribution in [2.45, 2.75) is 38.2 Å². The summed E-state index contributed by atoms with van der Waals surface area (Å²) in [5.41, 5.74) is -3.54. The van der Waals surface area contributed by atoms with E-state index in [0.29, 0.717) is 31.5 Å². The molecule has 22 heavy (non-hydrogen) atoms. The van der Waals surface area contributed by atoms with E-state index in [0.717, 1.165) is 0 Å². The molecule has 1 aromatic carbocycles. The molecule has 1 aromatic rings. The summed E-state index contributed by atoms with van der Waals surface area (Å²) in [4.78, 5) is 13.5. The fourth-order valence-corrected chi connectivity index (χ4v) is 2.48. The van der Waals surface area contributed by atoms with Gasteiger partial charge in [0.05, 0.1) is 11.1 Å². The number of likely N-dealkylation sites (tertiary alicyclic amines) is 1. The highest BCUT2D eigenvalue weighted by Gasteiger charge is 2.38. The van der Waals surface area contributed by atoms with E-state index in [1.54, 1.807) is 6.92 Å². The summed E-state index contributed by atoms with van der Waals surface area (Å²) >= 11 is 0. The number of carbonyl (C=O) groups is 1. The summed E-state index contributed by atoms with van der Waals surface area (Å²) in [5, 5.41) is 0. The lowest BCUT2D eigenvalue weighted by atomic mass is 10.0. The minimum atomic E-state index is -4.95. The van der Waals surface area contributed by atoms with E-state index in [1.807, 2.05) is 0 Å². The number of rotatable bonds is 1. The second-order valence-corrected chi connectivity index (χ2v) is 5.28. The molecule has 1 fully saturated rings. The molecule has 1 aliphatic rings. The number of amides is 1. The number of alkyl halides is 6. The lowest BCUT2D eigenvalue weighted by Gasteiger charge is -2.22. The smallest absolute Gasteiger partial charge is 0.336 e. The zero-order valence-corrected chi connectivity index (χ0v) is 11.6. The Morgan fingerprint density at radius 1 is 1.05 bits per heavy atom. The molecule has 0 radical (unpaired) electrons. The Kier molecular flexibility index (Phi) is 4.14. The van der Waals surface area contributed by atoms with Crippen molar-refractivity contribution in [2.24, 2.45) is 0 Å². The molecule has 1 amide bonds. The van der Waals surface area contributed by atoms with Crippen molar-refractivity contribution in [1.82, 2.24) is 4.90 Å². The fraction of sp³-hybridized carbons (Fsp3) is 0.500. The zero-order valence-electron chi connectivity index (χ0n) is 11.6. The van der Waals surface area contributed by atoms with Gasteiger partial charge in [-0.3, -0.25) is 4.79 Å². The van der Waals surface area contributed by atoms with Crippen LogP contribution in [0.25, 0.3) is 0 Å². The van der Waals surface area contributed by atoms with Gasteiger partial charge in [0, 0.05) is 18.2 Å². The largest absolute Gasteiger partial charge is 0.416 e. The van der Waals surface area contributed by atoms with Crippen molar-refractivity contribution in [3.8, 4) is 0 Å². The topological polar surface area (TPSA) is 20.3 Å². The average Bonchev–Trinajstić information content (AvgIpc) is 2.81. The normalized spacial score (nSPS) is 19.6. The molecular formula is C14H13F6NO. The molecule has 122 valence electrons. The fourth-order valence-electron chi connectivity index (χ4n) is 2.48. The third-order valence-electron chi connectivity index (χ3n) is 3.65. The van der Waals surface area contributed by atoms with Crippen LogP contribution in [0.15, 0.2) is 18.2 Å². The molecule has 1 unspecified atom stereocenters. The highest BCUT2D eigenvalue weighted by atomic mass is 19.4. The van der Waals surface area contributed by atoms with Gasteiger partial charge in [-0.2, -0.15) is 26.3 Å². The number of halogens is 6. The maximum absolute atomic E-state index is 12.8. The first-order valence-electron chi connectivity index (χ1n) is 6.60. The molecule has 2 nitrogen and oxygen atoms in total. The first kappa shape index (κ1) is 16.6. The Labute approximate surface area is 122 Å². The highest BCUT2D eigenvalue weighted by molar-refractivity contribution is 5.95. The molecular weight excluding hydrogens is 312 g/mol. The Bertz CT molecular complexity index is 545. The van der Waals surface area contributed by atoms with E-state index in [-0.39, 0.29) is 12.1 Å². The van der Waals surface area contributed by atoms with Crippen LogP contribution in [0.2, 0.25) is 0 Å². The van der Waals surface area contributed by atoms with Gasteiger partial charge in [-0.15, -0.1) is 0 Å². The molecule has 2 rings (SSSR count). The SMILES string of the molecule is CC1CCCN1C(=O)c1cc(C(F)(F)F)cc(C(F)(F)F)c1. The van der Waals surface area contributed by atoms with Crippen molar-refractivity contribution >= 4 is 5.91 Å². The van der Waals surface area contributed by atoms with Gasteiger partial charge in [0.2, 0.25) is 0 Å². The van der Waals surface area contributed by atoms with E-state index in [4.69, 9.17) is 0 Å². The van der Waals surface area contributed by atoms with Gasteiger partial charge in [0.25, 0.3) is 5.91 Å². The molecule has 0 spiro atoms. The van der Waals surface area contributed by atoms with Crippen molar-refractivity contribution in [3.63, 3.8) is 0 Å². The van der Waals surface area contributed by atoms with Crippen LogP contribution in [-0.2, 0) is 12.4 Å². The van der Waals surface area contributed by atoms with Crippen LogP contribution in [0.1, 0.15) is 41.3 Å². The van der Waals surface area contributed by atoms with E-state index >= 15 is 0 Å². The lowest BCUT2D eigenvalue weighted by Crippen LogP contribution is -2.34. The number of carbonyl (C=O) groups excluding carboxylic acids is 1. The van der Waals surface area contributed by atoms with Gasteiger partial charge in [0.15, 0.2) is 0 Å². The van der Waals surface area contributed by atoms with Crippen LogP contribution in [0.4, 0.5) is 26.3 Å². The molecule has 8 heteroatoms. The second kappa shape index (κ2) is 5.48. The third kappa shape index (κ3) is 3.36. The quantitative estimate of drug-likeness (QED) is 0.703. The highest BCUT2D eigenvalue weighted by Crippen LogP contribution is 2.36. The van der Waals surface area contributed by atoms with Crippen LogP contribution in [0.3, 0.4) is 0 Å². The van der Waals surface area contributed by atoms with Gasteiger partial charge < -0.3 is 4.90 Å². The number of hydrogen-bond donors (Lipinski definition) is 0. The second-order valence-electron chi connectivity index (χ2n) is 5.28. The maximum atomic E-state index is 12.8. The lowest BCUT2D eigenvalue weighted by molar-refractivity contribution is -0.143. The number of hydrogen-bond acceptors (Lipinski definition) is 1. The molecule has 0 N–H and O–H groups in total. The van der Waals surface area contributed by atoms with Crippen molar-refractivity contribution in [1.29, 1.82) is 0 Å².